The highest BCUT2D eigenvalue weighted by Gasteiger charge is 2.23. The maximum Gasteiger partial charge on any atom is 0.253 e. The summed E-state index contributed by atoms with van der Waals surface area (Å²) in [6, 6.07) is 14.7. The number of ether oxygens (including phenoxy) is 1. The summed E-state index contributed by atoms with van der Waals surface area (Å²) in [5.74, 6) is 0.415. The van der Waals surface area contributed by atoms with Gasteiger partial charge in [0.25, 0.3) is 5.91 Å². The summed E-state index contributed by atoms with van der Waals surface area (Å²) in [4.78, 5) is 28.7. The summed E-state index contributed by atoms with van der Waals surface area (Å²) in [7, 11) is 0. The van der Waals surface area contributed by atoms with Crippen molar-refractivity contribution in [2.45, 2.75) is 6.92 Å². The fourth-order valence-electron chi connectivity index (χ4n) is 3.20. The first-order valence-corrected chi connectivity index (χ1v) is 9.75. The van der Waals surface area contributed by atoms with Gasteiger partial charge in [0.2, 0.25) is 5.91 Å². The van der Waals surface area contributed by atoms with Crippen molar-refractivity contribution in [2.24, 2.45) is 0 Å². The Kier molecular flexibility index (Phi) is 6.76. The molecule has 1 heterocycles. The molecule has 0 saturated carbocycles. The lowest BCUT2D eigenvalue weighted by molar-refractivity contribution is -0.130. The predicted molar refractivity (Wildman–Crippen MR) is 110 cm³/mol. The van der Waals surface area contributed by atoms with E-state index in [9.17, 15) is 9.59 Å². The summed E-state index contributed by atoms with van der Waals surface area (Å²) < 4.78 is 5.70. The van der Waals surface area contributed by atoms with E-state index in [2.05, 4.69) is 10.2 Å². The maximum atomic E-state index is 12.5. The largest absolute Gasteiger partial charge is 0.492 e. The van der Waals surface area contributed by atoms with Crippen LogP contribution in [0, 0.1) is 0 Å². The molecular weight excluding hydrogens is 378 g/mol. The molecule has 0 aromatic heterocycles. The first-order valence-electron chi connectivity index (χ1n) is 9.37. The molecule has 2 amide bonds. The zero-order valence-corrected chi connectivity index (χ0v) is 16.6. The molecule has 1 aliphatic rings. The van der Waals surface area contributed by atoms with E-state index in [4.69, 9.17) is 16.3 Å². The first-order chi connectivity index (χ1) is 13.6. The van der Waals surface area contributed by atoms with E-state index in [0.717, 1.165) is 11.4 Å². The highest BCUT2D eigenvalue weighted by molar-refractivity contribution is 6.33. The molecule has 0 aliphatic carbocycles. The van der Waals surface area contributed by atoms with E-state index < -0.39 is 0 Å². The minimum atomic E-state index is -0.344. The molecule has 0 bridgehead atoms. The number of halogens is 1. The van der Waals surface area contributed by atoms with E-state index in [1.165, 1.54) is 0 Å². The second-order valence-corrected chi connectivity index (χ2v) is 6.84. The normalized spacial score (nSPS) is 13.9. The number of hydrogen-bond donors (Lipinski definition) is 1. The van der Waals surface area contributed by atoms with Crippen LogP contribution in [-0.4, -0.2) is 56.0 Å². The van der Waals surface area contributed by atoms with Gasteiger partial charge in [0.05, 0.1) is 29.4 Å². The molecule has 2 aromatic carbocycles. The molecule has 0 atom stereocenters. The molecule has 28 heavy (non-hydrogen) atoms. The SMILES string of the molecule is CCOc1ccccc1N1CCN(C(=O)CNC(=O)c2ccccc2Cl)CC1. The Balaban J connectivity index is 1.52. The first kappa shape index (κ1) is 20.0. The van der Waals surface area contributed by atoms with E-state index in [-0.39, 0.29) is 18.4 Å². The number of carbonyl (C=O) groups excluding carboxylic acids is 2. The molecule has 3 rings (SSSR count). The number of amides is 2. The number of nitrogens with one attached hydrogen (secondary N) is 1. The highest BCUT2D eigenvalue weighted by Crippen LogP contribution is 2.28. The van der Waals surface area contributed by atoms with E-state index in [1.54, 1.807) is 29.2 Å². The van der Waals surface area contributed by atoms with Gasteiger partial charge in [-0.1, -0.05) is 35.9 Å². The number of para-hydroxylation sites is 2. The van der Waals surface area contributed by atoms with Gasteiger partial charge in [0.15, 0.2) is 0 Å². The molecule has 0 spiro atoms. The van der Waals surface area contributed by atoms with Crippen LogP contribution < -0.4 is 15.0 Å². The molecule has 1 fully saturated rings. The monoisotopic (exact) mass is 401 g/mol. The number of benzene rings is 2. The van der Waals surface area contributed by atoms with Crippen LogP contribution in [0.1, 0.15) is 17.3 Å². The van der Waals surface area contributed by atoms with Gasteiger partial charge in [-0.25, -0.2) is 0 Å². The van der Waals surface area contributed by atoms with Crippen LogP contribution in [0.25, 0.3) is 0 Å². The third-order valence-corrected chi connectivity index (χ3v) is 4.99. The van der Waals surface area contributed by atoms with Crippen molar-refractivity contribution in [2.75, 3.05) is 44.2 Å². The zero-order chi connectivity index (χ0) is 19.9. The minimum Gasteiger partial charge on any atom is -0.492 e. The summed E-state index contributed by atoms with van der Waals surface area (Å²) in [5.41, 5.74) is 1.41. The van der Waals surface area contributed by atoms with Crippen molar-refractivity contribution in [1.29, 1.82) is 0 Å². The summed E-state index contributed by atoms with van der Waals surface area (Å²) >= 11 is 6.02. The molecule has 0 unspecified atom stereocenters. The van der Waals surface area contributed by atoms with Crippen LogP contribution >= 0.6 is 11.6 Å². The summed E-state index contributed by atoms with van der Waals surface area (Å²) in [5, 5.41) is 3.03. The Hall–Kier alpha value is -2.73. The van der Waals surface area contributed by atoms with Gasteiger partial charge in [-0.3, -0.25) is 9.59 Å². The van der Waals surface area contributed by atoms with Crippen LogP contribution in [0.15, 0.2) is 48.5 Å². The van der Waals surface area contributed by atoms with Crippen LogP contribution in [0.5, 0.6) is 5.75 Å². The average molecular weight is 402 g/mol. The summed E-state index contributed by atoms with van der Waals surface area (Å²) in [6.45, 7) is 5.16. The van der Waals surface area contributed by atoms with Gasteiger partial charge >= 0.3 is 0 Å². The standard InChI is InChI=1S/C21H24ClN3O3/c1-2-28-19-10-6-5-9-18(19)24-11-13-25(14-12-24)20(26)15-23-21(27)16-7-3-4-8-17(16)22/h3-10H,2,11-15H2,1H3,(H,23,27). The van der Waals surface area contributed by atoms with Crippen molar-refractivity contribution in [1.82, 2.24) is 10.2 Å². The van der Waals surface area contributed by atoms with E-state index >= 15 is 0 Å². The molecule has 1 N–H and O–H groups in total. The van der Waals surface area contributed by atoms with Crippen molar-refractivity contribution >= 4 is 29.1 Å². The number of anilines is 1. The molecule has 1 saturated heterocycles. The third kappa shape index (κ3) is 4.75. The zero-order valence-electron chi connectivity index (χ0n) is 15.9. The Labute approximate surface area is 170 Å². The molecular formula is C21H24ClN3O3. The van der Waals surface area contributed by atoms with Gasteiger partial charge in [0.1, 0.15) is 5.75 Å². The number of rotatable bonds is 6. The highest BCUT2D eigenvalue weighted by atomic mass is 35.5. The minimum absolute atomic E-state index is 0.0421. The molecule has 148 valence electrons. The van der Waals surface area contributed by atoms with Gasteiger partial charge < -0.3 is 19.9 Å². The molecule has 0 radical (unpaired) electrons. The van der Waals surface area contributed by atoms with Crippen LogP contribution in [0.3, 0.4) is 0 Å². The quantitative estimate of drug-likeness (QED) is 0.808. The van der Waals surface area contributed by atoms with Gasteiger partial charge in [-0.2, -0.15) is 0 Å². The topological polar surface area (TPSA) is 61.9 Å². The van der Waals surface area contributed by atoms with Crippen LogP contribution in [-0.2, 0) is 4.79 Å². The lowest BCUT2D eigenvalue weighted by Gasteiger charge is -2.36. The molecule has 7 heteroatoms. The smallest absolute Gasteiger partial charge is 0.253 e. The summed E-state index contributed by atoms with van der Waals surface area (Å²) in [6.07, 6.45) is 0. The average Bonchev–Trinajstić information content (AvgIpc) is 2.73. The number of piperazine rings is 1. The molecule has 6 nitrogen and oxygen atoms in total. The molecule has 1 aliphatic heterocycles. The lowest BCUT2D eigenvalue weighted by Crippen LogP contribution is -2.51. The molecule has 2 aromatic rings. The second-order valence-electron chi connectivity index (χ2n) is 6.43. The lowest BCUT2D eigenvalue weighted by atomic mass is 10.2. The fraction of sp³-hybridized carbons (Fsp3) is 0.333. The van der Waals surface area contributed by atoms with Crippen LogP contribution in [0.2, 0.25) is 5.02 Å². The number of nitrogens with zero attached hydrogens (tertiary/aromatic N) is 2. The maximum absolute atomic E-state index is 12.5. The van der Waals surface area contributed by atoms with Gasteiger partial charge in [-0.15, -0.1) is 0 Å². The van der Waals surface area contributed by atoms with Crippen molar-refractivity contribution in [3.63, 3.8) is 0 Å². The Morgan fingerprint density at radius 1 is 1.04 bits per heavy atom. The van der Waals surface area contributed by atoms with Crippen LogP contribution in [0.4, 0.5) is 5.69 Å². The van der Waals surface area contributed by atoms with Gasteiger partial charge in [0, 0.05) is 26.2 Å². The second kappa shape index (κ2) is 9.46. The van der Waals surface area contributed by atoms with Crippen molar-refractivity contribution < 1.29 is 14.3 Å². The Morgan fingerprint density at radius 2 is 1.71 bits per heavy atom. The van der Waals surface area contributed by atoms with Crippen molar-refractivity contribution in [3.05, 3.63) is 59.1 Å². The van der Waals surface area contributed by atoms with E-state index in [1.807, 2.05) is 31.2 Å². The van der Waals surface area contributed by atoms with E-state index in [0.29, 0.717) is 43.4 Å². The Morgan fingerprint density at radius 3 is 2.43 bits per heavy atom. The Bertz CT molecular complexity index is 835. The third-order valence-electron chi connectivity index (χ3n) is 4.66. The number of hydrogen-bond acceptors (Lipinski definition) is 4. The predicted octanol–water partition coefficient (Wildman–Crippen LogP) is 2.82. The number of carbonyl (C=O) groups is 2. The van der Waals surface area contributed by atoms with Gasteiger partial charge in [-0.05, 0) is 31.2 Å². The fourth-order valence-corrected chi connectivity index (χ4v) is 3.42. The van der Waals surface area contributed by atoms with Crippen molar-refractivity contribution in [3.8, 4) is 5.75 Å².